The van der Waals surface area contributed by atoms with Crippen molar-refractivity contribution in [2.24, 2.45) is 23.2 Å². The second kappa shape index (κ2) is 9.18. The van der Waals surface area contributed by atoms with E-state index in [1.165, 1.54) is 19.9 Å². The van der Waals surface area contributed by atoms with Gasteiger partial charge in [-0.1, -0.05) is 45.0 Å². The van der Waals surface area contributed by atoms with Crippen molar-refractivity contribution in [2.45, 2.75) is 101 Å². The SMILES string of the molecule is CC=C(C)C(=O)OC1C2C(OC(=O)c3ccccc3)C(C)CC2(O)C23OC1(CO)C(O)C1(O2)C(=O)C(C)(C)CC1C3(C)O. The highest BCUT2D eigenvalue weighted by molar-refractivity contribution is 5.97. The molecule has 43 heavy (non-hydrogen) atoms. The third-order valence-electron chi connectivity index (χ3n) is 11.0. The Morgan fingerprint density at radius 1 is 1.07 bits per heavy atom. The Labute approximate surface area is 249 Å². The first-order valence-electron chi connectivity index (χ1n) is 14.8. The molecule has 3 bridgehead atoms. The summed E-state index contributed by atoms with van der Waals surface area (Å²) in [5, 5.41) is 48.5. The van der Waals surface area contributed by atoms with Gasteiger partial charge < -0.3 is 39.4 Å². The summed E-state index contributed by atoms with van der Waals surface area (Å²) in [5.74, 6) is -7.39. The van der Waals surface area contributed by atoms with Crippen LogP contribution in [-0.4, -0.2) is 91.3 Å². The zero-order valence-corrected chi connectivity index (χ0v) is 25.2. The maximum Gasteiger partial charge on any atom is 0.338 e. The fourth-order valence-electron chi connectivity index (χ4n) is 8.87. The Hall–Kier alpha value is -2.67. The molecule has 1 aromatic carbocycles. The second-order valence-corrected chi connectivity index (χ2v) is 13.9. The largest absolute Gasteiger partial charge is 0.458 e. The second-order valence-electron chi connectivity index (χ2n) is 13.9. The Morgan fingerprint density at radius 3 is 2.33 bits per heavy atom. The number of fused-ring (bicyclic) bond motifs is 2. The molecule has 2 spiro atoms. The highest BCUT2D eigenvalue weighted by Gasteiger charge is 2.94. The Kier molecular flexibility index (Phi) is 6.48. The number of ether oxygens (including phenoxy) is 4. The predicted molar refractivity (Wildman–Crippen MR) is 148 cm³/mol. The molecule has 11 unspecified atom stereocenters. The van der Waals surface area contributed by atoms with Crippen LogP contribution in [-0.2, 0) is 28.5 Å². The van der Waals surface area contributed by atoms with Gasteiger partial charge >= 0.3 is 11.9 Å². The summed E-state index contributed by atoms with van der Waals surface area (Å²) in [5.41, 5.74) is -9.19. The predicted octanol–water partition coefficient (Wildman–Crippen LogP) is 1.44. The van der Waals surface area contributed by atoms with Crippen LogP contribution in [0.2, 0.25) is 0 Å². The maximum absolute atomic E-state index is 14.1. The molecule has 234 valence electrons. The van der Waals surface area contributed by atoms with Gasteiger partial charge in [-0.05, 0) is 51.7 Å². The molecule has 6 rings (SSSR count). The first-order chi connectivity index (χ1) is 20.0. The number of Topliss-reactive ketones (excluding diaryl/α,β-unsaturated/α-hetero) is 1. The summed E-state index contributed by atoms with van der Waals surface area (Å²) in [6, 6.07) is 8.23. The number of esters is 2. The Balaban J connectivity index is 1.58. The van der Waals surface area contributed by atoms with Crippen molar-refractivity contribution >= 4 is 17.7 Å². The van der Waals surface area contributed by atoms with Gasteiger partial charge in [0.2, 0.25) is 5.79 Å². The van der Waals surface area contributed by atoms with Crippen LogP contribution in [0.25, 0.3) is 0 Å². The van der Waals surface area contributed by atoms with Crippen molar-refractivity contribution in [2.75, 3.05) is 6.61 Å². The van der Waals surface area contributed by atoms with Gasteiger partial charge in [-0.25, -0.2) is 9.59 Å². The summed E-state index contributed by atoms with van der Waals surface area (Å²) < 4.78 is 24.9. The van der Waals surface area contributed by atoms with E-state index in [0.717, 1.165) is 0 Å². The lowest BCUT2D eigenvalue weighted by molar-refractivity contribution is -0.488. The summed E-state index contributed by atoms with van der Waals surface area (Å²) in [6.07, 6.45) is -3.23. The first kappa shape index (κ1) is 30.4. The number of aliphatic hydroxyl groups is 4. The van der Waals surface area contributed by atoms with Gasteiger partial charge in [0.15, 0.2) is 17.0 Å². The zero-order chi connectivity index (χ0) is 31.5. The molecule has 11 nitrogen and oxygen atoms in total. The van der Waals surface area contributed by atoms with E-state index in [4.69, 9.17) is 18.9 Å². The molecule has 5 fully saturated rings. The topological polar surface area (TPSA) is 169 Å². The summed E-state index contributed by atoms with van der Waals surface area (Å²) >= 11 is 0. The molecule has 3 saturated heterocycles. The molecule has 3 aliphatic heterocycles. The zero-order valence-electron chi connectivity index (χ0n) is 25.2. The van der Waals surface area contributed by atoms with E-state index in [0.29, 0.717) is 0 Å². The van der Waals surface area contributed by atoms with E-state index in [9.17, 15) is 34.8 Å². The van der Waals surface area contributed by atoms with Crippen LogP contribution >= 0.6 is 0 Å². The third-order valence-corrected chi connectivity index (χ3v) is 11.0. The van der Waals surface area contributed by atoms with Gasteiger partial charge in [0.25, 0.3) is 0 Å². The van der Waals surface area contributed by atoms with Crippen molar-refractivity contribution in [3.8, 4) is 0 Å². The fraction of sp³-hybridized carbons (Fsp3) is 0.656. The molecule has 4 N–H and O–H groups in total. The molecule has 5 aliphatic rings. The minimum Gasteiger partial charge on any atom is -0.458 e. The molecule has 0 aromatic heterocycles. The molecule has 2 saturated carbocycles. The molecule has 3 heterocycles. The monoisotopic (exact) mass is 600 g/mol. The lowest BCUT2D eigenvalue weighted by Gasteiger charge is -2.65. The van der Waals surface area contributed by atoms with Crippen LogP contribution in [0, 0.1) is 23.2 Å². The van der Waals surface area contributed by atoms with E-state index in [-0.39, 0.29) is 24.0 Å². The number of carbonyl (C=O) groups excluding carboxylic acids is 3. The van der Waals surface area contributed by atoms with Crippen molar-refractivity contribution in [3.05, 3.63) is 47.5 Å². The van der Waals surface area contributed by atoms with Crippen LogP contribution in [0.3, 0.4) is 0 Å². The van der Waals surface area contributed by atoms with Gasteiger partial charge in [-0.15, -0.1) is 0 Å². The number of allylic oxidation sites excluding steroid dienone is 1. The normalized spacial score (nSPS) is 47.6. The van der Waals surface area contributed by atoms with E-state index >= 15 is 0 Å². The minimum atomic E-state index is -2.36. The van der Waals surface area contributed by atoms with E-state index in [2.05, 4.69) is 0 Å². The molecule has 1 aromatic rings. The van der Waals surface area contributed by atoms with Crippen molar-refractivity contribution in [1.29, 1.82) is 0 Å². The number of ketones is 1. The Bertz CT molecular complexity index is 1400. The molecule has 0 amide bonds. The van der Waals surface area contributed by atoms with Gasteiger partial charge in [0.05, 0.1) is 18.1 Å². The first-order valence-corrected chi connectivity index (χ1v) is 14.8. The van der Waals surface area contributed by atoms with Crippen LogP contribution in [0.4, 0.5) is 0 Å². The van der Waals surface area contributed by atoms with Crippen LogP contribution in [0.5, 0.6) is 0 Å². The summed E-state index contributed by atoms with van der Waals surface area (Å²) in [6.45, 7) is 8.66. The number of rotatable bonds is 5. The number of benzene rings is 1. The van der Waals surface area contributed by atoms with Gasteiger partial charge in [0.1, 0.15) is 29.5 Å². The van der Waals surface area contributed by atoms with Crippen LogP contribution in [0.1, 0.15) is 64.7 Å². The van der Waals surface area contributed by atoms with Crippen LogP contribution in [0.15, 0.2) is 42.0 Å². The van der Waals surface area contributed by atoms with Gasteiger partial charge in [0, 0.05) is 16.9 Å². The lowest BCUT2D eigenvalue weighted by atomic mass is 9.64. The van der Waals surface area contributed by atoms with Crippen LogP contribution < -0.4 is 0 Å². The summed E-state index contributed by atoms with van der Waals surface area (Å²) in [7, 11) is 0. The number of hydrogen-bond acceptors (Lipinski definition) is 11. The smallest absolute Gasteiger partial charge is 0.338 e. The quantitative estimate of drug-likeness (QED) is 0.285. The highest BCUT2D eigenvalue weighted by Crippen LogP contribution is 2.74. The number of hydrogen-bond donors (Lipinski definition) is 4. The average molecular weight is 601 g/mol. The molecular weight excluding hydrogens is 560 g/mol. The number of aliphatic hydroxyl groups excluding tert-OH is 2. The Morgan fingerprint density at radius 2 is 1.72 bits per heavy atom. The highest BCUT2D eigenvalue weighted by atomic mass is 16.8. The van der Waals surface area contributed by atoms with Crippen molar-refractivity contribution < 1.29 is 53.8 Å². The fourth-order valence-corrected chi connectivity index (χ4v) is 8.87. The minimum absolute atomic E-state index is 0.0906. The van der Waals surface area contributed by atoms with E-state index < -0.39 is 94.0 Å². The van der Waals surface area contributed by atoms with Crippen molar-refractivity contribution in [1.82, 2.24) is 0 Å². The van der Waals surface area contributed by atoms with Gasteiger partial charge in [-0.2, -0.15) is 0 Å². The standard InChI is InChI=1S/C32H40O11/c1-7-16(2)23(34)41-22-20-21(40-24(35)18-11-9-8-10-12-18)17(3)13-30(20,39)32-28(6,38)19-14-27(4,5)25(36)31(19,43-32)26(37)29(22,15-33)42-32/h7-12,17,19-22,26,33,37-39H,13-15H2,1-6H3. The molecule has 2 aliphatic carbocycles. The molecule has 11 atom stereocenters. The molecule has 0 radical (unpaired) electrons. The third kappa shape index (κ3) is 3.43. The maximum atomic E-state index is 14.1. The average Bonchev–Trinajstić information content (AvgIpc) is 3.42. The molecular formula is C32H40O11. The molecule has 11 heteroatoms. The lowest BCUT2D eigenvalue weighted by Crippen LogP contribution is -2.86. The van der Waals surface area contributed by atoms with E-state index in [1.54, 1.807) is 58.0 Å². The van der Waals surface area contributed by atoms with Crippen molar-refractivity contribution in [3.63, 3.8) is 0 Å². The van der Waals surface area contributed by atoms with E-state index in [1.807, 2.05) is 0 Å². The summed E-state index contributed by atoms with van der Waals surface area (Å²) in [4.78, 5) is 40.8. The number of carbonyl (C=O) groups is 3. The van der Waals surface area contributed by atoms with Gasteiger partial charge in [-0.3, -0.25) is 4.79 Å².